The highest BCUT2D eigenvalue weighted by molar-refractivity contribution is 7.18. The number of rotatable bonds is 2. The van der Waals surface area contributed by atoms with E-state index in [1.807, 2.05) is 23.1 Å². The molecule has 1 aliphatic heterocycles. The average molecular weight is 377 g/mol. The Morgan fingerprint density at radius 3 is 2.88 bits per heavy atom. The average Bonchev–Trinajstić information content (AvgIpc) is 3.22. The van der Waals surface area contributed by atoms with Crippen molar-refractivity contribution in [2.75, 3.05) is 6.54 Å². The minimum absolute atomic E-state index is 0.00458. The third kappa shape index (κ3) is 2.79. The lowest BCUT2D eigenvalue weighted by Crippen LogP contribution is -2.30. The van der Waals surface area contributed by atoms with Gasteiger partial charge in [0.05, 0.1) is 26.8 Å². The van der Waals surface area contributed by atoms with Crippen molar-refractivity contribution in [2.45, 2.75) is 18.9 Å². The van der Waals surface area contributed by atoms with Gasteiger partial charge in [0.2, 0.25) is 0 Å². The Morgan fingerprint density at radius 2 is 2.04 bits per heavy atom. The first-order chi connectivity index (χ1) is 11.6. The van der Waals surface area contributed by atoms with E-state index in [2.05, 4.69) is 6.07 Å². The fourth-order valence-corrected chi connectivity index (χ4v) is 4.60. The maximum absolute atomic E-state index is 13.0. The molecule has 1 saturated heterocycles. The molecule has 3 aromatic rings. The number of carbonyl (C=O) groups is 1. The van der Waals surface area contributed by atoms with Crippen LogP contribution in [0.4, 0.5) is 0 Å². The Bertz CT molecular complexity index is 891. The number of amides is 1. The van der Waals surface area contributed by atoms with Crippen molar-refractivity contribution in [1.82, 2.24) is 9.88 Å². The highest BCUT2D eigenvalue weighted by Gasteiger charge is 2.33. The summed E-state index contributed by atoms with van der Waals surface area (Å²) in [4.78, 5) is 19.6. The van der Waals surface area contributed by atoms with E-state index in [4.69, 9.17) is 28.2 Å². The lowest BCUT2D eigenvalue weighted by molar-refractivity contribution is 0.0736. The Hall–Kier alpha value is -1.62. The number of aromatic nitrogens is 1. The summed E-state index contributed by atoms with van der Waals surface area (Å²) >= 11 is 13.9. The van der Waals surface area contributed by atoms with Gasteiger partial charge in [-0.25, -0.2) is 4.98 Å². The SMILES string of the molecule is O=C(c1cc(Cl)ccc1Cl)N1CCCC1c1nc2ccccc2s1. The van der Waals surface area contributed by atoms with Gasteiger partial charge in [0.15, 0.2) is 0 Å². The van der Waals surface area contributed by atoms with Crippen molar-refractivity contribution in [1.29, 1.82) is 0 Å². The molecule has 1 unspecified atom stereocenters. The first-order valence-corrected chi connectivity index (χ1v) is 9.32. The lowest BCUT2D eigenvalue weighted by atomic mass is 10.1. The highest BCUT2D eigenvalue weighted by Crippen LogP contribution is 2.38. The molecule has 4 rings (SSSR count). The molecule has 0 N–H and O–H groups in total. The van der Waals surface area contributed by atoms with Crippen LogP contribution in [0.2, 0.25) is 10.0 Å². The normalized spacial score (nSPS) is 17.6. The van der Waals surface area contributed by atoms with Crippen molar-refractivity contribution in [3.8, 4) is 0 Å². The van der Waals surface area contributed by atoms with Crippen LogP contribution in [0.1, 0.15) is 34.2 Å². The van der Waals surface area contributed by atoms with Crippen LogP contribution >= 0.6 is 34.5 Å². The summed E-state index contributed by atoms with van der Waals surface area (Å²) in [5.41, 5.74) is 1.44. The van der Waals surface area contributed by atoms with Crippen molar-refractivity contribution >= 4 is 50.7 Å². The van der Waals surface area contributed by atoms with Gasteiger partial charge >= 0.3 is 0 Å². The van der Waals surface area contributed by atoms with Crippen molar-refractivity contribution in [3.63, 3.8) is 0 Å². The van der Waals surface area contributed by atoms with Crippen LogP contribution in [-0.2, 0) is 0 Å². The van der Waals surface area contributed by atoms with Crippen LogP contribution < -0.4 is 0 Å². The summed E-state index contributed by atoms with van der Waals surface area (Å²) in [5.74, 6) is -0.0794. The minimum atomic E-state index is -0.0794. The number of likely N-dealkylation sites (tertiary alicyclic amines) is 1. The van der Waals surface area contributed by atoms with Crippen LogP contribution in [0.25, 0.3) is 10.2 Å². The van der Waals surface area contributed by atoms with Crippen molar-refractivity contribution < 1.29 is 4.79 Å². The molecule has 3 nitrogen and oxygen atoms in total. The quantitative estimate of drug-likeness (QED) is 0.584. The maximum Gasteiger partial charge on any atom is 0.256 e. The summed E-state index contributed by atoms with van der Waals surface area (Å²) < 4.78 is 1.15. The van der Waals surface area contributed by atoms with Gasteiger partial charge in [-0.05, 0) is 43.2 Å². The zero-order valence-corrected chi connectivity index (χ0v) is 15.0. The molecule has 1 amide bonds. The molecule has 6 heteroatoms. The van der Waals surface area contributed by atoms with E-state index in [1.54, 1.807) is 29.5 Å². The van der Waals surface area contributed by atoms with Gasteiger partial charge in [-0.15, -0.1) is 11.3 Å². The fourth-order valence-electron chi connectivity index (χ4n) is 3.12. The van der Waals surface area contributed by atoms with E-state index in [-0.39, 0.29) is 11.9 Å². The fraction of sp³-hybridized carbons (Fsp3) is 0.222. The number of carbonyl (C=O) groups excluding carboxylic acids is 1. The number of para-hydroxylation sites is 1. The molecule has 0 spiro atoms. The van der Waals surface area contributed by atoms with E-state index in [0.29, 0.717) is 22.2 Å². The number of fused-ring (bicyclic) bond motifs is 1. The topological polar surface area (TPSA) is 33.2 Å². The van der Waals surface area contributed by atoms with Crippen LogP contribution in [-0.4, -0.2) is 22.3 Å². The Balaban J connectivity index is 1.69. The standard InChI is InChI=1S/C18H14Cl2N2OS/c19-11-7-8-13(20)12(10-11)18(23)22-9-3-5-15(22)17-21-14-4-1-2-6-16(14)24-17/h1-2,4,6-8,10,15H,3,5,9H2. The monoisotopic (exact) mass is 376 g/mol. The zero-order valence-electron chi connectivity index (χ0n) is 12.7. The third-order valence-corrected chi connectivity index (χ3v) is 5.97. The molecule has 2 aromatic carbocycles. The summed E-state index contributed by atoms with van der Waals surface area (Å²) in [6.07, 6.45) is 1.88. The molecule has 1 atom stereocenters. The summed E-state index contributed by atoms with van der Waals surface area (Å²) in [7, 11) is 0. The second-order valence-electron chi connectivity index (χ2n) is 5.80. The molecule has 0 saturated carbocycles. The summed E-state index contributed by atoms with van der Waals surface area (Å²) in [6, 6.07) is 13.1. The molecule has 24 heavy (non-hydrogen) atoms. The number of halogens is 2. The van der Waals surface area contributed by atoms with Gasteiger partial charge in [-0.2, -0.15) is 0 Å². The molecule has 0 aliphatic carbocycles. The number of nitrogens with zero attached hydrogens (tertiary/aromatic N) is 2. The second kappa shape index (κ2) is 6.36. The van der Waals surface area contributed by atoms with Crippen LogP contribution in [0.5, 0.6) is 0 Å². The Morgan fingerprint density at radius 1 is 1.21 bits per heavy atom. The molecule has 0 bridgehead atoms. The van der Waals surface area contributed by atoms with Gasteiger partial charge in [0.1, 0.15) is 5.01 Å². The van der Waals surface area contributed by atoms with Gasteiger partial charge in [0, 0.05) is 11.6 Å². The van der Waals surface area contributed by atoms with Crippen LogP contribution in [0.3, 0.4) is 0 Å². The van der Waals surface area contributed by atoms with Crippen molar-refractivity contribution in [2.24, 2.45) is 0 Å². The predicted octanol–water partition coefficient (Wildman–Crippen LogP) is 5.58. The lowest BCUT2D eigenvalue weighted by Gasteiger charge is -2.23. The first kappa shape index (κ1) is 15.9. The molecule has 1 fully saturated rings. The van der Waals surface area contributed by atoms with Crippen LogP contribution in [0, 0.1) is 0 Å². The number of benzene rings is 2. The highest BCUT2D eigenvalue weighted by atomic mass is 35.5. The zero-order chi connectivity index (χ0) is 16.7. The molecule has 1 aliphatic rings. The number of hydrogen-bond acceptors (Lipinski definition) is 3. The molecular formula is C18H14Cl2N2OS. The molecule has 122 valence electrons. The second-order valence-corrected chi connectivity index (χ2v) is 7.71. The smallest absolute Gasteiger partial charge is 0.256 e. The van der Waals surface area contributed by atoms with E-state index >= 15 is 0 Å². The summed E-state index contributed by atoms with van der Waals surface area (Å²) in [6.45, 7) is 0.711. The van der Waals surface area contributed by atoms with Gasteiger partial charge in [-0.1, -0.05) is 35.3 Å². The van der Waals surface area contributed by atoms with Gasteiger partial charge in [0.25, 0.3) is 5.91 Å². The van der Waals surface area contributed by atoms with Crippen molar-refractivity contribution in [3.05, 3.63) is 63.1 Å². The molecular weight excluding hydrogens is 363 g/mol. The number of thiazole rings is 1. The largest absolute Gasteiger partial charge is 0.329 e. The van der Waals surface area contributed by atoms with E-state index < -0.39 is 0 Å². The summed E-state index contributed by atoms with van der Waals surface area (Å²) in [5, 5.41) is 1.93. The van der Waals surface area contributed by atoms with Gasteiger partial charge < -0.3 is 4.90 Å². The van der Waals surface area contributed by atoms with E-state index in [0.717, 1.165) is 28.1 Å². The van der Waals surface area contributed by atoms with E-state index in [1.165, 1.54) is 0 Å². The third-order valence-electron chi connectivity index (χ3n) is 4.27. The molecule has 2 heterocycles. The van der Waals surface area contributed by atoms with E-state index in [9.17, 15) is 4.79 Å². The molecule has 0 radical (unpaired) electrons. The first-order valence-electron chi connectivity index (χ1n) is 7.75. The minimum Gasteiger partial charge on any atom is -0.329 e. The maximum atomic E-state index is 13.0. The van der Waals surface area contributed by atoms with Crippen LogP contribution in [0.15, 0.2) is 42.5 Å². The Labute approximate surface area is 153 Å². The number of hydrogen-bond donors (Lipinski definition) is 0. The Kier molecular flexibility index (Phi) is 4.21. The van der Waals surface area contributed by atoms with Gasteiger partial charge in [-0.3, -0.25) is 4.79 Å². The predicted molar refractivity (Wildman–Crippen MR) is 99.1 cm³/mol. The molecule has 1 aromatic heterocycles.